The molecule has 100 valence electrons. The Kier molecular flexibility index (Phi) is 4.01. The van der Waals surface area contributed by atoms with E-state index in [4.69, 9.17) is 0 Å². The van der Waals surface area contributed by atoms with E-state index >= 15 is 0 Å². The Labute approximate surface area is 113 Å². The third kappa shape index (κ3) is 2.69. The first-order chi connectivity index (χ1) is 9.04. The highest BCUT2D eigenvalue weighted by atomic mass is 19.1. The molecule has 0 heterocycles. The second kappa shape index (κ2) is 5.54. The second-order valence-electron chi connectivity index (χ2n) is 4.93. The monoisotopic (exact) mass is 258 g/mol. The van der Waals surface area contributed by atoms with E-state index in [0.29, 0.717) is 5.56 Å². The van der Waals surface area contributed by atoms with Gasteiger partial charge in [-0.3, -0.25) is 0 Å². The second-order valence-corrected chi connectivity index (χ2v) is 4.93. The summed E-state index contributed by atoms with van der Waals surface area (Å²) in [6, 6.07) is 11.0. The quantitative estimate of drug-likeness (QED) is 0.879. The number of hydrogen-bond acceptors (Lipinski definition) is 1. The van der Waals surface area contributed by atoms with Gasteiger partial charge in [0.05, 0.1) is 0 Å². The zero-order valence-corrected chi connectivity index (χ0v) is 11.6. The van der Waals surface area contributed by atoms with Gasteiger partial charge in [0, 0.05) is 5.56 Å². The number of hydrogen-bond donors (Lipinski definition) is 1. The van der Waals surface area contributed by atoms with Crippen molar-refractivity contribution < 1.29 is 9.50 Å². The van der Waals surface area contributed by atoms with Crippen LogP contribution >= 0.6 is 0 Å². The van der Waals surface area contributed by atoms with Gasteiger partial charge in [0.1, 0.15) is 11.9 Å². The van der Waals surface area contributed by atoms with Crippen molar-refractivity contribution in [2.45, 2.75) is 33.3 Å². The van der Waals surface area contributed by atoms with E-state index in [1.165, 1.54) is 6.07 Å². The number of aliphatic hydroxyl groups excluding tert-OH is 1. The van der Waals surface area contributed by atoms with E-state index in [1.54, 1.807) is 0 Å². The molecule has 2 aromatic rings. The van der Waals surface area contributed by atoms with Gasteiger partial charge in [-0.15, -0.1) is 0 Å². The molecule has 0 aromatic heterocycles. The van der Waals surface area contributed by atoms with Gasteiger partial charge in [-0.05, 0) is 48.6 Å². The molecule has 0 saturated heterocycles. The minimum atomic E-state index is -0.906. The Hall–Kier alpha value is -1.67. The van der Waals surface area contributed by atoms with E-state index in [9.17, 15) is 9.50 Å². The molecule has 0 saturated carbocycles. The molecule has 0 bridgehead atoms. The summed E-state index contributed by atoms with van der Waals surface area (Å²) >= 11 is 0. The average Bonchev–Trinajstić information content (AvgIpc) is 2.37. The standard InChI is InChI=1S/C17H19FO/c1-4-13-7-5-6-8-14(13)17(19)16-12(3)9-11(2)10-15(16)18/h5-10,17,19H,4H2,1-3H3. The van der Waals surface area contributed by atoms with E-state index in [2.05, 4.69) is 0 Å². The van der Waals surface area contributed by atoms with Gasteiger partial charge >= 0.3 is 0 Å². The van der Waals surface area contributed by atoms with Crippen LogP contribution < -0.4 is 0 Å². The molecule has 0 aliphatic rings. The Balaban J connectivity index is 2.53. The third-order valence-electron chi connectivity index (χ3n) is 3.48. The van der Waals surface area contributed by atoms with Gasteiger partial charge < -0.3 is 5.11 Å². The molecule has 0 fully saturated rings. The van der Waals surface area contributed by atoms with Crippen LogP contribution in [-0.4, -0.2) is 5.11 Å². The Morgan fingerprint density at radius 2 is 1.84 bits per heavy atom. The molecule has 1 nitrogen and oxygen atoms in total. The molecule has 19 heavy (non-hydrogen) atoms. The lowest BCUT2D eigenvalue weighted by atomic mass is 9.92. The maximum atomic E-state index is 14.1. The topological polar surface area (TPSA) is 20.2 Å². The first-order valence-electron chi connectivity index (χ1n) is 6.57. The molecular weight excluding hydrogens is 239 g/mol. The first kappa shape index (κ1) is 13.8. The van der Waals surface area contributed by atoms with Gasteiger partial charge in [-0.1, -0.05) is 37.3 Å². The predicted octanol–water partition coefficient (Wildman–Crippen LogP) is 4.09. The molecule has 1 unspecified atom stereocenters. The highest BCUT2D eigenvalue weighted by molar-refractivity contribution is 5.41. The molecule has 0 radical (unpaired) electrons. The Morgan fingerprint density at radius 1 is 1.16 bits per heavy atom. The molecule has 1 atom stereocenters. The highest BCUT2D eigenvalue weighted by Crippen LogP contribution is 2.30. The molecule has 0 aliphatic carbocycles. The largest absolute Gasteiger partial charge is 0.384 e. The summed E-state index contributed by atoms with van der Waals surface area (Å²) in [5.41, 5.74) is 3.88. The van der Waals surface area contributed by atoms with Crippen molar-refractivity contribution in [3.05, 3.63) is 70.0 Å². The number of halogens is 1. The van der Waals surface area contributed by atoms with Crippen molar-refractivity contribution in [1.82, 2.24) is 0 Å². The normalized spacial score (nSPS) is 12.5. The van der Waals surface area contributed by atoms with Gasteiger partial charge in [-0.2, -0.15) is 0 Å². The van der Waals surface area contributed by atoms with E-state index < -0.39 is 6.10 Å². The van der Waals surface area contributed by atoms with Gasteiger partial charge in [0.15, 0.2) is 0 Å². The van der Waals surface area contributed by atoms with Crippen LogP contribution in [0.2, 0.25) is 0 Å². The summed E-state index contributed by atoms with van der Waals surface area (Å²) in [6.07, 6.45) is -0.0866. The van der Waals surface area contributed by atoms with Crippen molar-refractivity contribution in [3.8, 4) is 0 Å². The summed E-state index contributed by atoms with van der Waals surface area (Å²) in [5, 5.41) is 10.5. The number of rotatable bonds is 3. The fourth-order valence-corrected chi connectivity index (χ4v) is 2.55. The summed E-state index contributed by atoms with van der Waals surface area (Å²) in [6.45, 7) is 5.72. The van der Waals surface area contributed by atoms with E-state index in [-0.39, 0.29) is 5.82 Å². The van der Waals surface area contributed by atoms with Crippen LogP contribution in [0.15, 0.2) is 36.4 Å². The van der Waals surface area contributed by atoms with Crippen molar-refractivity contribution in [2.24, 2.45) is 0 Å². The molecule has 1 N–H and O–H groups in total. The summed E-state index contributed by atoms with van der Waals surface area (Å²) in [5.74, 6) is -0.337. The minimum Gasteiger partial charge on any atom is -0.384 e. The van der Waals surface area contributed by atoms with E-state index in [0.717, 1.165) is 28.7 Å². The van der Waals surface area contributed by atoms with E-state index in [1.807, 2.05) is 51.1 Å². The van der Waals surface area contributed by atoms with Crippen molar-refractivity contribution in [3.63, 3.8) is 0 Å². The lowest BCUT2D eigenvalue weighted by Gasteiger charge is -2.18. The smallest absolute Gasteiger partial charge is 0.129 e. The Bertz CT molecular complexity index is 567. The predicted molar refractivity (Wildman–Crippen MR) is 75.8 cm³/mol. The molecule has 2 heteroatoms. The summed E-state index contributed by atoms with van der Waals surface area (Å²) in [4.78, 5) is 0. The van der Waals surface area contributed by atoms with Crippen LogP contribution in [0.1, 0.15) is 40.8 Å². The van der Waals surface area contributed by atoms with Crippen molar-refractivity contribution >= 4 is 0 Å². The maximum Gasteiger partial charge on any atom is 0.129 e. The van der Waals surface area contributed by atoms with Crippen LogP contribution in [0.5, 0.6) is 0 Å². The lowest BCUT2D eigenvalue weighted by Crippen LogP contribution is -2.08. The van der Waals surface area contributed by atoms with Crippen LogP contribution in [0, 0.1) is 19.7 Å². The highest BCUT2D eigenvalue weighted by Gasteiger charge is 2.19. The zero-order valence-electron chi connectivity index (χ0n) is 11.6. The number of aliphatic hydroxyl groups is 1. The molecule has 2 aromatic carbocycles. The summed E-state index contributed by atoms with van der Waals surface area (Å²) < 4.78 is 14.1. The fourth-order valence-electron chi connectivity index (χ4n) is 2.55. The zero-order chi connectivity index (χ0) is 14.0. The molecule has 0 spiro atoms. The minimum absolute atomic E-state index is 0.337. The van der Waals surface area contributed by atoms with Gasteiger partial charge in [0.25, 0.3) is 0 Å². The Morgan fingerprint density at radius 3 is 2.47 bits per heavy atom. The van der Waals surface area contributed by atoms with Crippen LogP contribution in [0.25, 0.3) is 0 Å². The molecular formula is C17H19FO. The van der Waals surface area contributed by atoms with Crippen molar-refractivity contribution in [2.75, 3.05) is 0 Å². The van der Waals surface area contributed by atoms with Crippen LogP contribution in [0.3, 0.4) is 0 Å². The van der Waals surface area contributed by atoms with Crippen LogP contribution in [0.4, 0.5) is 4.39 Å². The SMILES string of the molecule is CCc1ccccc1C(O)c1c(C)cc(C)cc1F. The maximum absolute atomic E-state index is 14.1. The third-order valence-corrected chi connectivity index (χ3v) is 3.48. The van der Waals surface area contributed by atoms with Gasteiger partial charge in [0.2, 0.25) is 0 Å². The molecule has 0 aliphatic heterocycles. The lowest BCUT2D eigenvalue weighted by molar-refractivity contribution is 0.213. The number of benzene rings is 2. The van der Waals surface area contributed by atoms with Gasteiger partial charge in [-0.25, -0.2) is 4.39 Å². The molecule has 0 amide bonds. The first-order valence-corrected chi connectivity index (χ1v) is 6.57. The number of aryl methyl sites for hydroxylation is 3. The average molecular weight is 258 g/mol. The van der Waals surface area contributed by atoms with Crippen LogP contribution in [-0.2, 0) is 6.42 Å². The van der Waals surface area contributed by atoms with Crippen molar-refractivity contribution in [1.29, 1.82) is 0 Å². The summed E-state index contributed by atoms with van der Waals surface area (Å²) in [7, 11) is 0. The molecule has 2 rings (SSSR count). The fraction of sp³-hybridized carbons (Fsp3) is 0.294.